The summed E-state index contributed by atoms with van der Waals surface area (Å²) in [6, 6.07) is 18.0. The van der Waals surface area contributed by atoms with Crippen LogP contribution in [0.3, 0.4) is 0 Å². The topological polar surface area (TPSA) is 108 Å². The zero-order valence-corrected chi connectivity index (χ0v) is 29.6. The van der Waals surface area contributed by atoms with E-state index in [0.29, 0.717) is 37.6 Å². The van der Waals surface area contributed by atoms with Gasteiger partial charge >= 0.3 is 10.2 Å². The molecule has 0 saturated heterocycles. The number of nitrogens with one attached hydrogen (secondary N) is 1. The molecule has 1 saturated carbocycles. The fourth-order valence-electron chi connectivity index (χ4n) is 8.11. The van der Waals surface area contributed by atoms with Crippen molar-refractivity contribution in [1.82, 2.24) is 9.03 Å². The van der Waals surface area contributed by atoms with Crippen molar-refractivity contribution in [2.24, 2.45) is 11.8 Å². The van der Waals surface area contributed by atoms with Crippen LogP contribution in [0.1, 0.15) is 66.1 Å². The summed E-state index contributed by atoms with van der Waals surface area (Å²) < 4.78 is 43.4. The van der Waals surface area contributed by atoms with Crippen LogP contribution in [0.15, 0.2) is 72.8 Å². The van der Waals surface area contributed by atoms with Gasteiger partial charge in [0.2, 0.25) is 0 Å². The molecular formula is C38H44ClN3O6S. The van der Waals surface area contributed by atoms with E-state index in [-0.39, 0.29) is 29.4 Å². The molecule has 3 aromatic rings. The summed E-state index contributed by atoms with van der Waals surface area (Å²) in [5, 5.41) is 12.1. The number of ether oxygens (including phenoxy) is 2. The van der Waals surface area contributed by atoms with Gasteiger partial charge in [0.15, 0.2) is 0 Å². The zero-order valence-electron chi connectivity index (χ0n) is 28.0. The van der Waals surface area contributed by atoms with Gasteiger partial charge < -0.3 is 19.5 Å². The van der Waals surface area contributed by atoms with Crippen LogP contribution in [0, 0.1) is 11.8 Å². The van der Waals surface area contributed by atoms with E-state index in [1.54, 1.807) is 37.4 Å². The third kappa shape index (κ3) is 6.80. The summed E-state index contributed by atoms with van der Waals surface area (Å²) in [7, 11) is -2.71. The second kappa shape index (κ2) is 13.6. The summed E-state index contributed by atoms with van der Waals surface area (Å²) in [5.41, 5.74) is 3.93. The number of amides is 1. The first kappa shape index (κ1) is 33.9. The largest absolute Gasteiger partial charge is 0.497 e. The fraction of sp³-hybridized carbons (Fsp3) is 0.447. The van der Waals surface area contributed by atoms with Gasteiger partial charge in [-0.1, -0.05) is 42.0 Å². The van der Waals surface area contributed by atoms with E-state index in [2.05, 4.69) is 21.8 Å². The number of rotatable bonds is 3. The Balaban J connectivity index is 1.26. The lowest BCUT2D eigenvalue weighted by Crippen LogP contribution is -2.49. The van der Waals surface area contributed by atoms with Crippen molar-refractivity contribution in [3.05, 3.63) is 100 Å². The molecule has 2 heterocycles. The van der Waals surface area contributed by atoms with Crippen LogP contribution >= 0.6 is 11.6 Å². The summed E-state index contributed by atoms with van der Waals surface area (Å²) in [6.45, 7) is 3.69. The van der Waals surface area contributed by atoms with Gasteiger partial charge in [-0.05, 0) is 116 Å². The van der Waals surface area contributed by atoms with E-state index < -0.39 is 28.3 Å². The highest BCUT2D eigenvalue weighted by Gasteiger charge is 2.44. The number of aliphatic hydroxyl groups excluding tert-OH is 1. The normalized spacial score (nSPS) is 29.0. The standard InChI is InChI=1S/C38H44ClN3O6S/c1-25-5-3-7-35(43)32-15-10-29(32)22-41-23-38(18-4-6-27-19-30(39)12-16-33(27)38)24-48-36-17-11-28(20-34(36)41)37(44)40-49(45,46)42(25)21-26-8-13-31(47-2)14-9-26/h3,7-9,11-14,16-17,19-20,25,29,32,35,43H,4-6,10,15,18,21-24H2,1-2H3,(H,40,44)/b7-3+/t25-,29-,32+,35-,38-/m0/s1. The average molecular weight is 706 g/mol. The first-order valence-electron chi connectivity index (χ1n) is 17.2. The van der Waals surface area contributed by atoms with Crippen molar-refractivity contribution in [3.8, 4) is 11.5 Å². The molecule has 4 aliphatic rings. The molecule has 2 bridgehead atoms. The number of hydrogen-bond acceptors (Lipinski definition) is 7. The monoisotopic (exact) mass is 705 g/mol. The molecule has 49 heavy (non-hydrogen) atoms. The second-order valence-electron chi connectivity index (χ2n) is 14.1. The Hall–Kier alpha value is -3.57. The molecule has 0 aromatic heterocycles. The summed E-state index contributed by atoms with van der Waals surface area (Å²) >= 11 is 6.42. The van der Waals surface area contributed by atoms with Crippen LogP contribution in [-0.2, 0) is 28.6 Å². The maximum Gasteiger partial charge on any atom is 0.304 e. The SMILES string of the molecule is COc1ccc(CN2[C@@H](C)C/C=C/[C@H](O)[C@@H]3CC[C@H]3CN3C[C@@]4(CCCc5cc(Cl)ccc54)COc4ccc(cc43)C(=O)NS2(=O)=O)cc1. The smallest absolute Gasteiger partial charge is 0.304 e. The van der Waals surface area contributed by atoms with Gasteiger partial charge in [0.05, 0.1) is 25.5 Å². The molecule has 7 rings (SSSR count). The minimum atomic E-state index is -4.28. The van der Waals surface area contributed by atoms with Gasteiger partial charge in [0, 0.05) is 41.7 Å². The molecule has 2 aliphatic carbocycles. The maximum atomic E-state index is 14.0. The Morgan fingerprint density at radius 2 is 1.92 bits per heavy atom. The highest BCUT2D eigenvalue weighted by Crippen LogP contribution is 2.46. The molecular weight excluding hydrogens is 662 g/mol. The number of hydrogen-bond donors (Lipinski definition) is 2. The number of aryl methyl sites for hydroxylation is 1. The Morgan fingerprint density at radius 1 is 1.10 bits per heavy atom. The van der Waals surface area contributed by atoms with E-state index in [1.165, 1.54) is 15.4 Å². The quantitative estimate of drug-likeness (QED) is 0.320. The number of halogens is 1. The predicted molar refractivity (Wildman–Crippen MR) is 191 cm³/mol. The maximum absolute atomic E-state index is 14.0. The lowest BCUT2D eigenvalue weighted by molar-refractivity contribution is 0.0455. The summed E-state index contributed by atoms with van der Waals surface area (Å²) in [4.78, 5) is 16.1. The van der Waals surface area contributed by atoms with Crippen molar-refractivity contribution in [3.63, 3.8) is 0 Å². The van der Waals surface area contributed by atoms with Gasteiger partial charge in [-0.3, -0.25) is 4.79 Å². The first-order valence-corrected chi connectivity index (χ1v) is 19.0. The Kier molecular flexibility index (Phi) is 9.43. The van der Waals surface area contributed by atoms with Crippen molar-refractivity contribution in [2.75, 3.05) is 31.7 Å². The van der Waals surface area contributed by atoms with Crippen molar-refractivity contribution in [2.45, 2.75) is 69.6 Å². The third-order valence-electron chi connectivity index (χ3n) is 11.0. The first-order chi connectivity index (χ1) is 23.5. The molecule has 2 aliphatic heterocycles. The third-order valence-corrected chi connectivity index (χ3v) is 12.8. The van der Waals surface area contributed by atoms with E-state index in [9.17, 15) is 18.3 Å². The number of fused-ring (bicyclic) bond motifs is 4. The van der Waals surface area contributed by atoms with Crippen LogP contribution in [0.25, 0.3) is 0 Å². The summed E-state index contributed by atoms with van der Waals surface area (Å²) in [5.74, 6) is 0.934. The number of nitrogens with zero attached hydrogens (tertiary/aromatic N) is 2. The van der Waals surface area contributed by atoms with Crippen molar-refractivity contribution < 1.29 is 27.8 Å². The van der Waals surface area contributed by atoms with E-state index in [4.69, 9.17) is 21.1 Å². The minimum absolute atomic E-state index is 0.0510. The number of anilines is 1. The van der Waals surface area contributed by atoms with Gasteiger partial charge in [0.25, 0.3) is 5.91 Å². The van der Waals surface area contributed by atoms with Gasteiger partial charge in [0.1, 0.15) is 11.5 Å². The molecule has 5 atom stereocenters. The molecule has 3 aromatic carbocycles. The molecule has 9 nitrogen and oxygen atoms in total. The molecule has 260 valence electrons. The number of methoxy groups -OCH3 is 1. The predicted octanol–water partition coefficient (Wildman–Crippen LogP) is 6.03. The number of carbonyl (C=O) groups excluding carboxylic acids is 1. The van der Waals surface area contributed by atoms with Crippen LogP contribution in [-0.4, -0.2) is 62.7 Å². The fourth-order valence-corrected chi connectivity index (χ4v) is 9.65. The van der Waals surface area contributed by atoms with E-state index in [0.717, 1.165) is 48.4 Å². The van der Waals surface area contributed by atoms with Crippen LogP contribution in [0.5, 0.6) is 11.5 Å². The highest BCUT2D eigenvalue weighted by molar-refractivity contribution is 7.87. The molecule has 1 spiro atoms. The number of benzene rings is 3. The Bertz CT molecular complexity index is 1850. The van der Waals surface area contributed by atoms with E-state index >= 15 is 0 Å². The molecule has 1 fully saturated rings. The van der Waals surface area contributed by atoms with E-state index in [1.807, 2.05) is 37.3 Å². The van der Waals surface area contributed by atoms with Crippen molar-refractivity contribution in [1.29, 1.82) is 0 Å². The number of carbonyl (C=O) groups is 1. The molecule has 11 heteroatoms. The zero-order chi connectivity index (χ0) is 34.3. The van der Waals surface area contributed by atoms with Crippen LogP contribution < -0.4 is 19.1 Å². The van der Waals surface area contributed by atoms with Crippen molar-refractivity contribution >= 4 is 33.4 Å². The molecule has 2 N–H and O–H groups in total. The van der Waals surface area contributed by atoms with Gasteiger partial charge in [-0.25, -0.2) is 4.72 Å². The number of aliphatic hydroxyl groups is 1. The van der Waals surface area contributed by atoms with Crippen LogP contribution in [0.2, 0.25) is 5.02 Å². The molecule has 0 radical (unpaired) electrons. The van der Waals surface area contributed by atoms with Gasteiger partial charge in [-0.15, -0.1) is 0 Å². The second-order valence-corrected chi connectivity index (χ2v) is 16.2. The molecule has 1 amide bonds. The van der Waals surface area contributed by atoms with Gasteiger partial charge in [-0.2, -0.15) is 12.7 Å². The highest BCUT2D eigenvalue weighted by atomic mass is 35.5. The minimum Gasteiger partial charge on any atom is -0.497 e. The lowest BCUT2D eigenvalue weighted by Gasteiger charge is -2.45. The lowest BCUT2D eigenvalue weighted by atomic mass is 9.68. The van der Waals surface area contributed by atoms with Crippen LogP contribution in [0.4, 0.5) is 5.69 Å². The molecule has 0 unspecified atom stereocenters. The Labute approximate surface area is 294 Å². The summed E-state index contributed by atoms with van der Waals surface area (Å²) in [6.07, 6.45) is 8.22. The Morgan fingerprint density at radius 3 is 2.67 bits per heavy atom. The average Bonchev–Trinajstić information content (AvgIpc) is 3.21.